The monoisotopic (exact) mass is 419 g/mol. The summed E-state index contributed by atoms with van der Waals surface area (Å²) < 4.78 is 7.34. The first-order chi connectivity index (χ1) is 13.6. The summed E-state index contributed by atoms with van der Waals surface area (Å²) in [4.78, 5) is 24.9. The van der Waals surface area contributed by atoms with Crippen molar-refractivity contribution in [3.8, 4) is 11.1 Å². The van der Waals surface area contributed by atoms with Crippen molar-refractivity contribution < 1.29 is 19.4 Å². The predicted molar refractivity (Wildman–Crippen MR) is 110 cm³/mol. The minimum absolute atomic E-state index is 0.0541. The second-order valence-corrected chi connectivity index (χ2v) is 8.70. The van der Waals surface area contributed by atoms with E-state index in [0.717, 1.165) is 24.0 Å². The number of carboxylic acids is 1. The van der Waals surface area contributed by atoms with Gasteiger partial charge in [0, 0.05) is 35.4 Å². The lowest BCUT2D eigenvalue weighted by molar-refractivity contribution is -0.136. The fourth-order valence-electron chi connectivity index (χ4n) is 3.39. The Morgan fingerprint density at radius 3 is 2.59 bits per heavy atom. The van der Waals surface area contributed by atoms with E-state index in [2.05, 4.69) is 5.10 Å². The SMILES string of the molecule is CC(C)(C)OC(=O)N1CCC(n2cc(-c3cc(CC(=O)O)ccc3Cl)cn2)CC1. The third-order valence-corrected chi connectivity index (χ3v) is 5.12. The molecule has 2 aromatic rings. The van der Waals surface area contributed by atoms with E-state index in [1.807, 2.05) is 31.6 Å². The van der Waals surface area contributed by atoms with Crippen LogP contribution in [0.25, 0.3) is 11.1 Å². The van der Waals surface area contributed by atoms with Crippen LogP contribution in [0.15, 0.2) is 30.6 Å². The molecule has 0 atom stereocenters. The molecule has 2 heterocycles. The second-order valence-electron chi connectivity index (χ2n) is 8.29. The number of halogens is 1. The molecule has 0 spiro atoms. The van der Waals surface area contributed by atoms with Gasteiger partial charge in [-0.25, -0.2) is 4.79 Å². The Labute approximate surface area is 175 Å². The second kappa shape index (κ2) is 8.45. The van der Waals surface area contributed by atoms with E-state index in [1.54, 1.807) is 29.3 Å². The lowest BCUT2D eigenvalue weighted by Gasteiger charge is -2.33. The third-order valence-electron chi connectivity index (χ3n) is 4.79. The van der Waals surface area contributed by atoms with Crippen LogP contribution in [0.5, 0.6) is 0 Å². The van der Waals surface area contributed by atoms with Crippen LogP contribution in [-0.2, 0) is 16.0 Å². The number of ether oxygens (including phenoxy) is 1. The zero-order valence-electron chi connectivity index (χ0n) is 16.9. The van der Waals surface area contributed by atoms with Crippen molar-refractivity contribution in [2.45, 2.75) is 51.7 Å². The number of carbonyl (C=O) groups is 2. The maximum absolute atomic E-state index is 12.2. The molecular weight excluding hydrogens is 394 g/mol. The van der Waals surface area contributed by atoms with Crippen LogP contribution < -0.4 is 0 Å². The summed E-state index contributed by atoms with van der Waals surface area (Å²) in [5.41, 5.74) is 1.80. The average molecular weight is 420 g/mol. The van der Waals surface area contributed by atoms with Crippen molar-refractivity contribution in [1.29, 1.82) is 0 Å². The van der Waals surface area contributed by atoms with Gasteiger partial charge in [-0.3, -0.25) is 9.48 Å². The lowest BCUT2D eigenvalue weighted by Crippen LogP contribution is -2.42. The maximum atomic E-state index is 12.2. The number of piperidine rings is 1. The molecule has 0 bridgehead atoms. The van der Waals surface area contributed by atoms with Gasteiger partial charge in [-0.05, 0) is 51.3 Å². The summed E-state index contributed by atoms with van der Waals surface area (Å²) in [5.74, 6) is -0.884. The van der Waals surface area contributed by atoms with Crippen LogP contribution in [0.2, 0.25) is 5.02 Å². The fourth-order valence-corrected chi connectivity index (χ4v) is 3.62. The first-order valence-electron chi connectivity index (χ1n) is 9.65. The largest absolute Gasteiger partial charge is 0.481 e. The summed E-state index contributed by atoms with van der Waals surface area (Å²) in [6, 6.07) is 5.41. The molecule has 7 nitrogen and oxygen atoms in total. The zero-order chi connectivity index (χ0) is 21.2. The molecule has 8 heteroatoms. The molecule has 1 fully saturated rings. The number of carbonyl (C=O) groups excluding carboxylic acids is 1. The smallest absolute Gasteiger partial charge is 0.410 e. The highest BCUT2D eigenvalue weighted by Gasteiger charge is 2.28. The van der Waals surface area contributed by atoms with E-state index in [4.69, 9.17) is 21.4 Å². The third kappa shape index (κ3) is 5.50. The van der Waals surface area contributed by atoms with Crippen LogP contribution in [0, 0.1) is 0 Å². The number of hydrogen-bond donors (Lipinski definition) is 1. The number of rotatable bonds is 4. The molecule has 1 aromatic carbocycles. The highest BCUT2D eigenvalue weighted by atomic mass is 35.5. The normalized spacial score (nSPS) is 15.4. The Bertz CT molecular complexity index is 896. The molecule has 1 aliphatic rings. The van der Waals surface area contributed by atoms with Gasteiger partial charge in [-0.1, -0.05) is 17.7 Å². The minimum Gasteiger partial charge on any atom is -0.481 e. The first-order valence-corrected chi connectivity index (χ1v) is 10.0. The molecule has 0 saturated carbocycles. The van der Waals surface area contributed by atoms with E-state index < -0.39 is 11.6 Å². The molecule has 1 N–H and O–H groups in total. The van der Waals surface area contributed by atoms with Gasteiger partial charge in [0.2, 0.25) is 0 Å². The highest BCUT2D eigenvalue weighted by Crippen LogP contribution is 2.31. The summed E-state index contributed by atoms with van der Waals surface area (Å²) in [5, 5.41) is 14.0. The Kier molecular flexibility index (Phi) is 6.17. The molecule has 1 saturated heterocycles. The van der Waals surface area contributed by atoms with E-state index in [0.29, 0.717) is 23.7 Å². The van der Waals surface area contributed by atoms with Crippen molar-refractivity contribution in [3.05, 3.63) is 41.2 Å². The van der Waals surface area contributed by atoms with E-state index in [1.165, 1.54) is 0 Å². The number of amides is 1. The lowest BCUT2D eigenvalue weighted by atomic mass is 10.0. The van der Waals surface area contributed by atoms with Crippen molar-refractivity contribution in [2.24, 2.45) is 0 Å². The zero-order valence-corrected chi connectivity index (χ0v) is 17.6. The molecule has 1 amide bonds. The molecule has 3 rings (SSSR count). The molecule has 1 aromatic heterocycles. The van der Waals surface area contributed by atoms with Crippen LogP contribution in [0.4, 0.5) is 4.79 Å². The Morgan fingerprint density at radius 1 is 1.28 bits per heavy atom. The molecule has 0 radical (unpaired) electrons. The summed E-state index contributed by atoms with van der Waals surface area (Å²) in [6.45, 7) is 6.81. The molecule has 156 valence electrons. The van der Waals surface area contributed by atoms with Crippen molar-refractivity contribution in [2.75, 3.05) is 13.1 Å². The molecule has 29 heavy (non-hydrogen) atoms. The first kappa shape index (κ1) is 21.2. The number of hydrogen-bond acceptors (Lipinski definition) is 4. The van der Waals surface area contributed by atoms with Crippen LogP contribution in [-0.4, -0.2) is 50.5 Å². The Morgan fingerprint density at radius 2 is 1.97 bits per heavy atom. The van der Waals surface area contributed by atoms with Gasteiger partial charge in [-0.2, -0.15) is 5.10 Å². The van der Waals surface area contributed by atoms with E-state index in [9.17, 15) is 9.59 Å². The predicted octanol–water partition coefficient (Wildman–Crippen LogP) is 4.40. The summed E-state index contributed by atoms with van der Waals surface area (Å²) in [6.07, 6.45) is 4.91. The topological polar surface area (TPSA) is 84.7 Å². The summed E-state index contributed by atoms with van der Waals surface area (Å²) in [7, 11) is 0. The highest BCUT2D eigenvalue weighted by molar-refractivity contribution is 6.33. The molecule has 0 unspecified atom stereocenters. The Hall–Kier alpha value is -2.54. The van der Waals surface area contributed by atoms with Crippen molar-refractivity contribution in [3.63, 3.8) is 0 Å². The van der Waals surface area contributed by atoms with Gasteiger partial charge in [0.15, 0.2) is 0 Å². The van der Waals surface area contributed by atoms with Crippen LogP contribution >= 0.6 is 11.6 Å². The number of carboxylic acid groups (broad SMARTS) is 1. The summed E-state index contributed by atoms with van der Waals surface area (Å²) >= 11 is 6.33. The van der Waals surface area contributed by atoms with E-state index >= 15 is 0 Å². The van der Waals surface area contributed by atoms with Gasteiger partial charge in [-0.15, -0.1) is 0 Å². The Balaban J connectivity index is 1.67. The van der Waals surface area contributed by atoms with Gasteiger partial charge in [0.05, 0.1) is 18.7 Å². The number of benzene rings is 1. The molecule has 1 aliphatic heterocycles. The van der Waals surface area contributed by atoms with Gasteiger partial charge in [0.1, 0.15) is 5.60 Å². The number of nitrogens with zero attached hydrogens (tertiary/aromatic N) is 3. The van der Waals surface area contributed by atoms with Crippen molar-refractivity contribution in [1.82, 2.24) is 14.7 Å². The quantitative estimate of drug-likeness (QED) is 0.793. The number of likely N-dealkylation sites (tertiary alicyclic amines) is 1. The average Bonchev–Trinajstić information content (AvgIpc) is 3.11. The van der Waals surface area contributed by atoms with Crippen LogP contribution in [0.1, 0.15) is 45.2 Å². The maximum Gasteiger partial charge on any atom is 0.410 e. The van der Waals surface area contributed by atoms with Gasteiger partial charge >= 0.3 is 12.1 Å². The molecular formula is C21H26ClN3O4. The fraction of sp³-hybridized carbons (Fsp3) is 0.476. The van der Waals surface area contributed by atoms with Gasteiger partial charge in [0.25, 0.3) is 0 Å². The minimum atomic E-state index is -0.884. The standard InChI is InChI=1S/C21H26ClN3O4/c1-21(2,3)29-20(28)24-8-6-16(7-9-24)25-13-15(12-23-25)17-10-14(11-19(26)27)4-5-18(17)22/h4-5,10,12-13,16H,6-9,11H2,1-3H3,(H,26,27). The van der Waals surface area contributed by atoms with Crippen LogP contribution in [0.3, 0.4) is 0 Å². The van der Waals surface area contributed by atoms with E-state index in [-0.39, 0.29) is 18.6 Å². The number of aliphatic carboxylic acids is 1. The molecule has 0 aliphatic carbocycles. The van der Waals surface area contributed by atoms with Gasteiger partial charge < -0.3 is 14.7 Å². The van der Waals surface area contributed by atoms with Crippen molar-refractivity contribution >= 4 is 23.7 Å². The number of aromatic nitrogens is 2.